The van der Waals surface area contributed by atoms with Crippen molar-refractivity contribution in [2.75, 3.05) is 11.9 Å². The molecule has 5 rings (SSSR count). The van der Waals surface area contributed by atoms with Gasteiger partial charge < -0.3 is 9.88 Å². The van der Waals surface area contributed by atoms with E-state index >= 15 is 0 Å². The highest BCUT2D eigenvalue weighted by Crippen LogP contribution is 2.30. The van der Waals surface area contributed by atoms with Gasteiger partial charge in [0.25, 0.3) is 5.56 Å². The van der Waals surface area contributed by atoms with Gasteiger partial charge in [-0.1, -0.05) is 52.0 Å². The van der Waals surface area contributed by atoms with Crippen LogP contribution in [0.4, 0.5) is 19.1 Å². The number of alkyl halides is 3. The molecule has 1 unspecified atom stereocenters. The Kier molecular flexibility index (Phi) is 11.5. The minimum Gasteiger partial charge on any atom is -0.349 e. The summed E-state index contributed by atoms with van der Waals surface area (Å²) in [6, 6.07) is 13.0. The van der Waals surface area contributed by atoms with E-state index in [4.69, 9.17) is 4.98 Å². The molecule has 0 bridgehead atoms. The summed E-state index contributed by atoms with van der Waals surface area (Å²) in [7, 11) is 0. The van der Waals surface area contributed by atoms with Crippen LogP contribution in [-0.2, 0) is 32.2 Å². The largest absolute Gasteiger partial charge is 0.416 e. The normalized spacial score (nSPS) is 13.6. The molecule has 1 aliphatic rings. The summed E-state index contributed by atoms with van der Waals surface area (Å²) in [6.07, 6.45) is 1.67. The third kappa shape index (κ3) is 7.67. The fraction of sp³-hybridized carbons (Fsp3) is 0.406. The lowest BCUT2D eigenvalue weighted by molar-refractivity contribution is -0.137. The molecule has 2 aromatic carbocycles. The second-order valence-corrected chi connectivity index (χ2v) is 9.49. The first-order valence-corrected chi connectivity index (χ1v) is 14.6. The monoisotopic (exact) mass is 582 g/mol. The molecule has 0 aliphatic carbocycles. The van der Waals surface area contributed by atoms with Crippen molar-refractivity contribution >= 4 is 5.95 Å². The van der Waals surface area contributed by atoms with Crippen LogP contribution in [0.2, 0.25) is 0 Å². The van der Waals surface area contributed by atoms with Gasteiger partial charge in [-0.05, 0) is 49.2 Å². The van der Waals surface area contributed by atoms with Gasteiger partial charge in [0, 0.05) is 50.7 Å². The fourth-order valence-electron chi connectivity index (χ4n) is 4.79. The van der Waals surface area contributed by atoms with Crippen molar-refractivity contribution in [3.05, 3.63) is 106 Å². The molecule has 0 spiro atoms. The highest BCUT2D eigenvalue weighted by molar-refractivity contribution is 5.38. The van der Waals surface area contributed by atoms with Crippen molar-refractivity contribution in [1.29, 1.82) is 0 Å². The number of halogens is 3. The minimum absolute atomic E-state index is 0.0835. The molecule has 2 aromatic heterocycles. The maximum absolute atomic E-state index is 13.4. The Hall–Kier alpha value is -3.92. The van der Waals surface area contributed by atoms with Crippen LogP contribution in [0, 0.1) is 0 Å². The molecule has 1 atom stereocenters. The molecule has 226 valence electrons. The van der Waals surface area contributed by atoms with E-state index in [1.807, 2.05) is 52.3 Å². The number of aromatic nitrogens is 4. The summed E-state index contributed by atoms with van der Waals surface area (Å²) < 4.78 is 42.3. The second-order valence-electron chi connectivity index (χ2n) is 9.49. The molecule has 0 saturated carbocycles. The molecule has 0 saturated heterocycles. The summed E-state index contributed by atoms with van der Waals surface area (Å²) in [5, 5.41) is 3.25. The van der Waals surface area contributed by atoms with E-state index in [-0.39, 0.29) is 11.6 Å². The number of hydrogen-bond donors (Lipinski definition) is 1. The van der Waals surface area contributed by atoms with Gasteiger partial charge in [-0.3, -0.25) is 14.3 Å². The van der Waals surface area contributed by atoms with E-state index in [1.54, 1.807) is 17.1 Å². The van der Waals surface area contributed by atoms with E-state index in [9.17, 15) is 18.0 Å². The van der Waals surface area contributed by atoms with Crippen molar-refractivity contribution in [2.45, 2.75) is 79.8 Å². The topological polar surface area (TPSA) is 68.0 Å². The molecule has 3 heterocycles. The molecule has 0 radical (unpaired) electrons. The molecule has 0 amide bonds. The number of nitrogens with one attached hydrogen (secondary N) is 1. The van der Waals surface area contributed by atoms with Crippen LogP contribution >= 0.6 is 0 Å². The predicted molar refractivity (Wildman–Crippen MR) is 162 cm³/mol. The van der Waals surface area contributed by atoms with Gasteiger partial charge in [0.15, 0.2) is 0 Å². The Morgan fingerprint density at radius 3 is 2.24 bits per heavy atom. The van der Waals surface area contributed by atoms with Crippen molar-refractivity contribution in [3.63, 3.8) is 0 Å². The van der Waals surface area contributed by atoms with Gasteiger partial charge in [-0.25, -0.2) is 9.97 Å². The number of imidazole rings is 1. The zero-order valence-corrected chi connectivity index (χ0v) is 25.2. The number of fused-ring (bicyclic) bond motifs is 1. The second kappa shape index (κ2) is 14.8. The highest BCUT2D eigenvalue weighted by atomic mass is 19.4. The summed E-state index contributed by atoms with van der Waals surface area (Å²) in [6.45, 7) is 14.2. The van der Waals surface area contributed by atoms with Crippen LogP contribution in [0.15, 0.2) is 72.0 Å². The maximum atomic E-state index is 13.4. The Morgan fingerprint density at radius 2 is 1.67 bits per heavy atom. The Bertz CT molecular complexity index is 1450. The molecular weight excluding hydrogens is 541 g/mol. The average Bonchev–Trinajstić information content (AvgIpc) is 3.55. The van der Waals surface area contributed by atoms with Crippen LogP contribution in [0.3, 0.4) is 0 Å². The van der Waals surface area contributed by atoms with Crippen molar-refractivity contribution < 1.29 is 13.2 Å². The molecule has 10 heteroatoms. The third-order valence-electron chi connectivity index (χ3n) is 6.94. The highest BCUT2D eigenvalue weighted by Gasteiger charge is 2.30. The first kappa shape index (κ1) is 32.6. The standard InChI is InChI=1S/C28H29F3N6O.2C2H6/c1-3-37-26(38)24-17-35(16-20-4-10-23(11-5-20)36-15-13-32-18-36)14-12-25(24)34-27(37)33-19(2)21-6-8-22(9-7-21)28(29,30)31;2*1-2/h4-11,13,15,18-19H,3,12,14,16-17H2,1-2H3,(H,33,34);2*1-2H3. The van der Waals surface area contributed by atoms with Crippen LogP contribution in [0.25, 0.3) is 5.69 Å². The average molecular weight is 583 g/mol. The zero-order valence-electron chi connectivity index (χ0n) is 25.2. The smallest absolute Gasteiger partial charge is 0.349 e. The van der Waals surface area contributed by atoms with Gasteiger partial charge in [0.2, 0.25) is 5.95 Å². The lowest BCUT2D eigenvalue weighted by Crippen LogP contribution is -2.38. The van der Waals surface area contributed by atoms with Crippen molar-refractivity contribution in [1.82, 2.24) is 24.0 Å². The first-order valence-electron chi connectivity index (χ1n) is 14.6. The predicted octanol–water partition coefficient (Wildman–Crippen LogP) is 7.25. The number of nitrogens with zero attached hydrogens (tertiary/aromatic N) is 5. The maximum Gasteiger partial charge on any atom is 0.416 e. The van der Waals surface area contributed by atoms with Gasteiger partial charge in [-0.15, -0.1) is 0 Å². The molecule has 1 N–H and O–H groups in total. The summed E-state index contributed by atoms with van der Waals surface area (Å²) in [4.78, 5) is 24.5. The third-order valence-corrected chi connectivity index (χ3v) is 6.94. The Morgan fingerprint density at radius 1 is 1.00 bits per heavy atom. The quantitative estimate of drug-likeness (QED) is 0.249. The molecule has 1 aliphatic heterocycles. The van der Waals surface area contributed by atoms with Gasteiger partial charge in [-0.2, -0.15) is 13.2 Å². The number of benzene rings is 2. The van der Waals surface area contributed by atoms with Crippen LogP contribution < -0.4 is 10.9 Å². The van der Waals surface area contributed by atoms with E-state index < -0.39 is 11.7 Å². The van der Waals surface area contributed by atoms with Gasteiger partial charge in [0.05, 0.1) is 29.2 Å². The van der Waals surface area contributed by atoms with E-state index in [1.165, 1.54) is 12.1 Å². The van der Waals surface area contributed by atoms with Gasteiger partial charge in [0.1, 0.15) is 0 Å². The zero-order chi connectivity index (χ0) is 30.9. The first-order chi connectivity index (χ1) is 20.2. The van der Waals surface area contributed by atoms with Crippen LogP contribution in [0.1, 0.15) is 75.5 Å². The number of rotatable bonds is 7. The van der Waals surface area contributed by atoms with Crippen molar-refractivity contribution in [2.24, 2.45) is 0 Å². The number of hydrogen-bond acceptors (Lipinski definition) is 5. The molecular formula is C32H41F3N6O. The van der Waals surface area contributed by atoms with E-state index in [0.717, 1.165) is 42.2 Å². The van der Waals surface area contributed by atoms with Crippen LogP contribution in [-0.4, -0.2) is 30.5 Å². The SMILES string of the molecule is CC.CC.CCn1c(NC(C)c2ccc(C(F)(F)F)cc2)nc2c(c1=O)CN(Cc1ccc(-n3ccnc3)cc1)CC2. The Balaban J connectivity index is 0.00000116. The van der Waals surface area contributed by atoms with E-state index in [0.29, 0.717) is 36.6 Å². The summed E-state index contributed by atoms with van der Waals surface area (Å²) in [5.41, 5.74) is 3.57. The molecule has 42 heavy (non-hydrogen) atoms. The van der Waals surface area contributed by atoms with Crippen molar-refractivity contribution in [3.8, 4) is 5.69 Å². The molecule has 7 nitrogen and oxygen atoms in total. The molecule has 4 aromatic rings. The fourth-order valence-corrected chi connectivity index (χ4v) is 4.79. The summed E-state index contributed by atoms with van der Waals surface area (Å²) in [5.74, 6) is 0.437. The lowest BCUT2D eigenvalue weighted by Gasteiger charge is -2.29. The van der Waals surface area contributed by atoms with Crippen LogP contribution in [0.5, 0.6) is 0 Å². The van der Waals surface area contributed by atoms with Gasteiger partial charge >= 0.3 is 6.18 Å². The lowest BCUT2D eigenvalue weighted by atomic mass is 10.0. The molecule has 0 fully saturated rings. The van der Waals surface area contributed by atoms with E-state index in [2.05, 4.69) is 39.5 Å². The minimum atomic E-state index is -4.38. The Labute approximate surface area is 246 Å². The summed E-state index contributed by atoms with van der Waals surface area (Å²) >= 11 is 0. The number of anilines is 1.